The van der Waals surface area contributed by atoms with Crippen LogP contribution >= 0.6 is 0 Å². The van der Waals surface area contributed by atoms with Gasteiger partial charge in [0.15, 0.2) is 11.6 Å². The summed E-state index contributed by atoms with van der Waals surface area (Å²) >= 11 is 0. The van der Waals surface area contributed by atoms with Crippen LogP contribution in [0.1, 0.15) is 63.0 Å². The minimum atomic E-state index is -0.933. The predicted octanol–water partition coefficient (Wildman–Crippen LogP) is 8.50. The molecule has 3 aliphatic heterocycles. The minimum absolute atomic E-state index is 0.000669. The first kappa shape index (κ1) is 56.8. The van der Waals surface area contributed by atoms with E-state index in [4.69, 9.17) is 24.4 Å². The van der Waals surface area contributed by atoms with Gasteiger partial charge in [-0.2, -0.15) is 0 Å². The highest BCUT2D eigenvalue weighted by Gasteiger charge is 2.22. The summed E-state index contributed by atoms with van der Waals surface area (Å²) in [4.78, 5) is 75.7. The number of ether oxygens (including phenoxy) is 1. The third-order valence-electron chi connectivity index (χ3n) is 13.8. The zero-order chi connectivity index (χ0) is 56.1. The Labute approximate surface area is 461 Å². The number of carbonyl (C=O) groups excluding carboxylic acids is 3. The van der Waals surface area contributed by atoms with E-state index < -0.39 is 17.7 Å². The number of carbonyl (C=O) groups is 4. The van der Waals surface area contributed by atoms with E-state index in [2.05, 4.69) is 70.8 Å². The maximum atomic E-state index is 13.2. The number of nitrogens with one attached hydrogen (secondary N) is 1. The average molecular weight is 1070 g/mol. The molecule has 0 atom stereocenters. The molecule has 0 saturated carbocycles. The van der Waals surface area contributed by atoms with Crippen molar-refractivity contribution in [2.75, 3.05) is 125 Å². The summed E-state index contributed by atoms with van der Waals surface area (Å²) in [6.07, 6.45) is 7.69. The van der Waals surface area contributed by atoms with Gasteiger partial charge in [0.25, 0.3) is 0 Å². The molecule has 8 heterocycles. The number of amides is 1. The summed E-state index contributed by atoms with van der Waals surface area (Å²) in [6, 6.07) is 29.3. The SMILES string of the molecule is CN1CCN(c2ccc(C(=O)Cc3cc(-c4ccco4)ccc3N)cn2)CC1.CN1CCN(c2ccc(C(=O)Cc3cc(-c4ccco4)ccc3NC(=O)OC(C)(C)C)cn2)CC1.CN1CCN(c2ccc(C(=O)O)cn2)CC1. The quantitative estimate of drug-likeness (QED) is 0.0728. The fraction of sp³-hybridized carbons (Fsp3) is 0.350. The van der Waals surface area contributed by atoms with Crippen molar-refractivity contribution < 1.29 is 37.9 Å². The number of hydrogen-bond donors (Lipinski definition) is 3. The predicted molar refractivity (Wildman–Crippen MR) is 307 cm³/mol. The molecule has 0 aliphatic carbocycles. The number of hydrogen-bond acceptors (Lipinski definition) is 17. The molecule has 19 nitrogen and oxygen atoms in total. The number of benzene rings is 2. The number of carboxylic acid groups (broad SMARTS) is 1. The van der Waals surface area contributed by atoms with Gasteiger partial charge in [-0.25, -0.2) is 24.5 Å². The second kappa shape index (κ2) is 26.3. The Bertz CT molecular complexity index is 3100. The van der Waals surface area contributed by atoms with Crippen molar-refractivity contribution in [3.63, 3.8) is 0 Å². The van der Waals surface area contributed by atoms with Crippen molar-refractivity contribution in [2.45, 2.75) is 39.2 Å². The van der Waals surface area contributed by atoms with Gasteiger partial charge in [-0.1, -0.05) is 0 Å². The summed E-state index contributed by atoms with van der Waals surface area (Å²) < 4.78 is 16.3. The molecule has 3 saturated heterocycles. The lowest BCUT2D eigenvalue weighted by Gasteiger charge is -2.33. The summed E-state index contributed by atoms with van der Waals surface area (Å²) in [5.74, 6) is 3.07. The van der Waals surface area contributed by atoms with Crippen LogP contribution in [0.4, 0.5) is 33.6 Å². The second-order valence-corrected chi connectivity index (χ2v) is 21.0. The first-order valence-electron chi connectivity index (χ1n) is 26.5. The van der Waals surface area contributed by atoms with Crippen molar-refractivity contribution in [3.8, 4) is 22.6 Å². The highest BCUT2D eigenvalue weighted by molar-refractivity contribution is 5.99. The highest BCUT2D eigenvalue weighted by atomic mass is 16.6. The average Bonchev–Trinajstić information content (AvgIpc) is 4.23. The number of rotatable bonds is 13. The van der Waals surface area contributed by atoms with Crippen molar-refractivity contribution in [2.24, 2.45) is 0 Å². The van der Waals surface area contributed by atoms with Crippen LogP contribution in [0, 0.1) is 0 Å². The number of piperazine rings is 3. The Balaban J connectivity index is 0.000000166. The van der Waals surface area contributed by atoms with E-state index in [1.54, 1.807) is 70.0 Å². The molecule has 0 unspecified atom stereocenters. The molecule has 414 valence electrons. The highest BCUT2D eigenvalue weighted by Crippen LogP contribution is 2.29. The Hall–Kier alpha value is -8.39. The van der Waals surface area contributed by atoms with Gasteiger partial charge >= 0.3 is 12.1 Å². The van der Waals surface area contributed by atoms with Crippen LogP contribution in [0.2, 0.25) is 0 Å². The molecule has 0 bridgehead atoms. The number of nitrogen functional groups attached to an aromatic ring is 1. The smallest absolute Gasteiger partial charge is 0.412 e. The molecule has 4 N–H and O–H groups in total. The van der Waals surface area contributed by atoms with Crippen LogP contribution in [0.3, 0.4) is 0 Å². The number of anilines is 5. The van der Waals surface area contributed by atoms with Gasteiger partial charge in [-0.05, 0) is 150 Å². The van der Waals surface area contributed by atoms with Gasteiger partial charge in [0.05, 0.1) is 18.1 Å². The van der Waals surface area contributed by atoms with Gasteiger partial charge in [0.2, 0.25) is 0 Å². The number of nitrogens with zero attached hydrogens (tertiary/aromatic N) is 9. The van der Waals surface area contributed by atoms with Gasteiger partial charge < -0.3 is 53.8 Å². The van der Waals surface area contributed by atoms with Gasteiger partial charge in [0.1, 0.15) is 34.6 Å². The summed E-state index contributed by atoms with van der Waals surface area (Å²) in [7, 11) is 6.33. The Morgan fingerprint density at radius 1 is 0.557 bits per heavy atom. The van der Waals surface area contributed by atoms with Crippen LogP contribution in [-0.2, 0) is 17.6 Å². The first-order chi connectivity index (χ1) is 37.9. The zero-order valence-corrected chi connectivity index (χ0v) is 45.9. The third-order valence-corrected chi connectivity index (χ3v) is 13.8. The molecule has 79 heavy (non-hydrogen) atoms. The molecule has 2 aromatic carbocycles. The fourth-order valence-electron chi connectivity index (χ4n) is 9.06. The van der Waals surface area contributed by atoms with E-state index >= 15 is 0 Å². The number of Topliss-reactive ketones (excluding diaryl/α,β-unsaturated/α-hetero) is 2. The van der Waals surface area contributed by atoms with Crippen molar-refractivity contribution >= 4 is 52.5 Å². The van der Waals surface area contributed by atoms with E-state index in [-0.39, 0.29) is 30.0 Å². The van der Waals surface area contributed by atoms with Crippen LogP contribution < -0.4 is 25.8 Å². The number of likely N-dealkylation sites (N-methyl/N-ethyl adjacent to an activating group) is 3. The van der Waals surface area contributed by atoms with Crippen LogP contribution in [-0.4, -0.2) is 164 Å². The molecular formula is C60H71N11O8. The van der Waals surface area contributed by atoms with Gasteiger partial charge in [-0.3, -0.25) is 14.9 Å². The van der Waals surface area contributed by atoms with E-state index in [1.807, 2.05) is 72.8 Å². The van der Waals surface area contributed by atoms with Crippen molar-refractivity contribution in [1.82, 2.24) is 29.7 Å². The number of aromatic carboxylic acids is 1. The zero-order valence-electron chi connectivity index (χ0n) is 45.9. The topological polar surface area (TPSA) is 220 Å². The van der Waals surface area contributed by atoms with Gasteiger partial charge in [0, 0.05) is 144 Å². The molecular weight excluding hydrogens is 1000 g/mol. The summed E-state index contributed by atoms with van der Waals surface area (Å²) in [6.45, 7) is 17.1. The Morgan fingerprint density at radius 2 is 0.962 bits per heavy atom. The maximum absolute atomic E-state index is 13.2. The monoisotopic (exact) mass is 1070 g/mol. The van der Waals surface area contributed by atoms with Crippen LogP contribution in [0.5, 0.6) is 0 Å². The van der Waals surface area contributed by atoms with E-state index in [0.29, 0.717) is 33.8 Å². The number of aromatic nitrogens is 3. The molecule has 3 aliphatic rings. The second-order valence-electron chi connectivity index (χ2n) is 21.0. The first-order valence-corrected chi connectivity index (χ1v) is 26.5. The number of pyridine rings is 3. The summed E-state index contributed by atoms with van der Waals surface area (Å²) in [5, 5.41) is 11.5. The third kappa shape index (κ3) is 16.1. The largest absolute Gasteiger partial charge is 0.478 e. The fourth-order valence-corrected chi connectivity index (χ4v) is 9.06. The Morgan fingerprint density at radius 3 is 1.34 bits per heavy atom. The molecule has 10 rings (SSSR count). The van der Waals surface area contributed by atoms with Gasteiger partial charge in [-0.15, -0.1) is 0 Å². The number of ketones is 2. The lowest BCUT2D eigenvalue weighted by molar-refractivity contribution is 0.0633. The van der Waals surface area contributed by atoms with Crippen LogP contribution in [0.25, 0.3) is 22.6 Å². The maximum Gasteiger partial charge on any atom is 0.412 e. The van der Waals surface area contributed by atoms with Crippen molar-refractivity contribution in [1.29, 1.82) is 0 Å². The normalized spacial score (nSPS) is 15.3. The molecule has 5 aromatic heterocycles. The Kier molecular flexibility index (Phi) is 18.9. The molecule has 0 radical (unpaired) electrons. The molecule has 7 aromatic rings. The standard InChI is InChI=1S/C27H32N4O4.C22H24N4O2.C11H15N3O2/c1-27(2,3)35-26(33)29-22-9-7-19(24-6-5-15-34-24)16-21(22)17-23(32)20-8-10-25(28-18-20)31-13-11-30(4)12-14-31;1-25-8-10-26(11-9-25)22-7-5-17(15-24-22)20(27)14-18-13-16(4-6-19(18)23)21-3-2-12-28-21;1-13-4-6-14(7-5-13)10-3-2-9(8-12-10)11(15)16/h5-10,15-16,18H,11-14,17H2,1-4H3,(H,29,33);2-7,12-13,15H,8-11,14,23H2,1H3;2-3,8H,4-7H2,1H3,(H,15,16). The number of furan rings is 2. The molecule has 1 amide bonds. The summed E-state index contributed by atoms with van der Waals surface area (Å²) in [5.41, 5.74) is 11.1. The number of nitrogens with two attached hydrogens (primary N) is 1. The minimum Gasteiger partial charge on any atom is -0.478 e. The lowest BCUT2D eigenvalue weighted by atomic mass is 9.99. The van der Waals surface area contributed by atoms with Crippen molar-refractivity contribution in [3.05, 3.63) is 156 Å². The van der Waals surface area contributed by atoms with E-state index in [1.165, 1.54) is 6.20 Å². The van der Waals surface area contributed by atoms with E-state index in [0.717, 1.165) is 118 Å². The molecule has 0 spiro atoms. The molecule has 3 fully saturated rings. The van der Waals surface area contributed by atoms with Crippen LogP contribution in [0.15, 0.2) is 137 Å². The number of carboxylic acids is 1. The van der Waals surface area contributed by atoms with E-state index in [9.17, 15) is 19.2 Å². The lowest BCUT2D eigenvalue weighted by Crippen LogP contribution is -2.44. The molecule has 19 heteroatoms.